The molecule has 0 aliphatic heterocycles. The van der Waals surface area contributed by atoms with Crippen LogP contribution >= 0.6 is 11.6 Å². The maximum atomic E-state index is 11.9. The van der Waals surface area contributed by atoms with E-state index in [0.29, 0.717) is 22.8 Å². The summed E-state index contributed by atoms with van der Waals surface area (Å²) in [6, 6.07) is 6.19. The summed E-state index contributed by atoms with van der Waals surface area (Å²) >= 11 is 5.99. The minimum absolute atomic E-state index is 0.0625. The molecule has 0 spiro atoms. The van der Waals surface area contributed by atoms with E-state index in [9.17, 15) is 9.90 Å². The first-order chi connectivity index (χ1) is 9.10. The second kappa shape index (κ2) is 5.71. The van der Waals surface area contributed by atoms with Crippen LogP contribution < -0.4 is 0 Å². The lowest BCUT2D eigenvalue weighted by Crippen LogP contribution is -1.95. The van der Waals surface area contributed by atoms with Gasteiger partial charge < -0.3 is 5.11 Å². The summed E-state index contributed by atoms with van der Waals surface area (Å²) < 4.78 is 1.70. The van der Waals surface area contributed by atoms with Crippen LogP contribution in [0, 0.1) is 0 Å². The van der Waals surface area contributed by atoms with E-state index < -0.39 is 0 Å². The standard InChI is InChI=1S/C14H13ClN2O2/c1-2-17-9-12(15)13(16-17)6-7-14(19)10-4-3-5-11(18)8-10/h3-9,18H,2H2,1H3/b7-6+. The largest absolute Gasteiger partial charge is 0.508 e. The van der Waals surface area contributed by atoms with Crippen LogP contribution in [0.15, 0.2) is 36.5 Å². The monoisotopic (exact) mass is 276 g/mol. The van der Waals surface area contributed by atoms with Crippen LogP contribution in [0.1, 0.15) is 23.0 Å². The molecule has 0 unspecified atom stereocenters. The van der Waals surface area contributed by atoms with Gasteiger partial charge in [-0.1, -0.05) is 23.7 Å². The number of nitrogens with zero attached hydrogens (tertiary/aromatic N) is 2. The smallest absolute Gasteiger partial charge is 0.186 e. The number of allylic oxidation sites excluding steroid dienone is 1. The van der Waals surface area contributed by atoms with Crippen molar-refractivity contribution in [2.24, 2.45) is 0 Å². The third-order valence-corrected chi connectivity index (χ3v) is 2.88. The van der Waals surface area contributed by atoms with Gasteiger partial charge in [0.1, 0.15) is 11.4 Å². The third kappa shape index (κ3) is 3.23. The number of benzene rings is 1. The van der Waals surface area contributed by atoms with Gasteiger partial charge in [-0.15, -0.1) is 0 Å². The normalized spacial score (nSPS) is 11.1. The number of aromatic nitrogens is 2. The number of carbonyl (C=O) groups excluding carboxylic acids is 1. The molecule has 0 saturated carbocycles. The Balaban J connectivity index is 2.18. The number of rotatable bonds is 4. The molecule has 0 aliphatic carbocycles. The molecule has 0 fully saturated rings. The van der Waals surface area contributed by atoms with Crippen molar-refractivity contribution in [2.75, 3.05) is 0 Å². The average molecular weight is 277 g/mol. The summed E-state index contributed by atoms with van der Waals surface area (Å²) in [5.74, 6) is -0.148. The number of phenols is 1. The minimum atomic E-state index is -0.210. The molecule has 19 heavy (non-hydrogen) atoms. The van der Waals surface area contributed by atoms with Crippen LogP contribution in [-0.2, 0) is 6.54 Å². The van der Waals surface area contributed by atoms with Gasteiger partial charge in [0, 0.05) is 18.3 Å². The molecule has 1 heterocycles. The molecule has 1 aromatic heterocycles. The van der Waals surface area contributed by atoms with Crippen molar-refractivity contribution in [1.29, 1.82) is 0 Å². The molecule has 0 amide bonds. The number of aromatic hydroxyl groups is 1. The Morgan fingerprint density at radius 3 is 2.95 bits per heavy atom. The van der Waals surface area contributed by atoms with Gasteiger partial charge in [0.25, 0.3) is 0 Å². The Hall–Kier alpha value is -2.07. The Morgan fingerprint density at radius 1 is 1.53 bits per heavy atom. The van der Waals surface area contributed by atoms with E-state index in [1.807, 2.05) is 6.92 Å². The maximum Gasteiger partial charge on any atom is 0.186 e. The van der Waals surface area contributed by atoms with E-state index in [0.717, 1.165) is 0 Å². The molecule has 5 heteroatoms. The molecule has 0 aliphatic rings. The van der Waals surface area contributed by atoms with Crippen molar-refractivity contribution in [3.63, 3.8) is 0 Å². The highest BCUT2D eigenvalue weighted by molar-refractivity contribution is 6.31. The van der Waals surface area contributed by atoms with Crippen LogP contribution in [-0.4, -0.2) is 20.7 Å². The Labute approximate surface area is 115 Å². The van der Waals surface area contributed by atoms with Gasteiger partial charge in [0.15, 0.2) is 5.78 Å². The lowest BCUT2D eigenvalue weighted by atomic mass is 10.1. The number of hydrogen-bond acceptors (Lipinski definition) is 3. The summed E-state index contributed by atoms with van der Waals surface area (Å²) in [6.07, 6.45) is 4.67. The van der Waals surface area contributed by atoms with Gasteiger partial charge in [-0.05, 0) is 31.2 Å². The van der Waals surface area contributed by atoms with Crippen LogP contribution in [0.2, 0.25) is 5.02 Å². The van der Waals surface area contributed by atoms with Crippen LogP contribution in [0.4, 0.5) is 0 Å². The fourth-order valence-corrected chi connectivity index (χ4v) is 1.81. The van der Waals surface area contributed by atoms with E-state index in [-0.39, 0.29) is 11.5 Å². The van der Waals surface area contributed by atoms with Gasteiger partial charge in [-0.3, -0.25) is 9.48 Å². The highest BCUT2D eigenvalue weighted by Crippen LogP contribution is 2.16. The molecule has 2 aromatic rings. The molecule has 4 nitrogen and oxygen atoms in total. The molecule has 1 aromatic carbocycles. The summed E-state index contributed by atoms with van der Waals surface area (Å²) in [4.78, 5) is 11.9. The molecular weight excluding hydrogens is 264 g/mol. The lowest BCUT2D eigenvalue weighted by molar-refractivity contribution is 0.104. The first-order valence-electron chi connectivity index (χ1n) is 5.84. The topological polar surface area (TPSA) is 55.1 Å². The number of halogens is 1. The predicted octanol–water partition coefficient (Wildman–Crippen LogP) is 3.16. The summed E-state index contributed by atoms with van der Waals surface area (Å²) in [7, 11) is 0. The summed E-state index contributed by atoms with van der Waals surface area (Å²) in [5, 5.41) is 14.0. The van der Waals surface area contributed by atoms with Crippen molar-refractivity contribution < 1.29 is 9.90 Å². The number of aryl methyl sites for hydroxylation is 1. The van der Waals surface area contributed by atoms with E-state index in [1.165, 1.54) is 18.2 Å². The molecule has 2 rings (SSSR count). The first-order valence-corrected chi connectivity index (χ1v) is 6.22. The second-order valence-electron chi connectivity index (χ2n) is 3.97. The van der Waals surface area contributed by atoms with E-state index in [4.69, 9.17) is 11.6 Å². The fourth-order valence-electron chi connectivity index (χ4n) is 1.60. The van der Waals surface area contributed by atoms with Crippen molar-refractivity contribution >= 4 is 23.5 Å². The molecule has 0 bridgehead atoms. The second-order valence-corrected chi connectivity index (χ2v) is 4.37. The molecule has 0 radical (unpaired) electrons. The van der Waals surface area contributed by atoms with Gasteiger partial charge in [-0.25, -0.2) is 0 Å². The van der Waals surface area contributed by atoms with Gasteiger partial charge >= 0.3 is 0 Å². The van der Waals surface area contributed by atoms with E-state index in [2.05, 4.69) is 5.10 Å². The van der Waals surface area contributed by atoms with Crippen molar-refractivity contribution in [2.45, 2.75) is 13.5 Å². The number of hydrogen-bond donors (Lipinski definition) is 1. The minimum Gasteiger partial charge on any atom is -0.508 e. The molecular formula is C14H13ClN2O2. The van der Waals surface area contributed by atoms with Crippen LogP contribution in [0.3, 0.4) is 0 Å². The van der Waals surface area contributed by atoms with Gasteiger partial charge in [-0.2, -0.15) is 5.10 Å². The zero-order valence-electron chi connectivity index (χ0n) is 10.4. The highest BCUT2D eigenvalue weighted by atomic mass is 35.5. The van der Waals surface area contributed by atoms with Crippen molar-refractivity contribution in [1.82, 2.24) is 9.78 Å². The van der Waals surface area contributed by atoms with Crippen LogP contribution in [0.5, 0.6) is 5.75 Å². The molecule has 98 valence electrons. The Morgan fingerprint density at radius 2 is 2.32 bits per heavy atom. The SMILES string of the molecule is CCn1cc(Cl)c(/C=C/C(=O)c2cccc(O)c2)n1. The summed E-state index contributed by atoms with van der Waals surface area (Å²) in [6.45, 7) is 2.67. The summed E-state index contributed by atoms with van der Waals surface area (Å²) in [5.41, 5.74) is 0.972. The third-order valence-electron chi connectivity index (χ3n) is 2.59. The van der Waals surface area contributed by atoms with Crippen molar-refractivity contribution in [3.8, 4) is 5.75 Å². The van der Waals surface area contributed by atoms with Crippen molar-refractivity contribution in [3.05, 3.63) is 52.8 Å². The maximum absolute atomic E-state index is 11.9. The van der Waals surface area contributed by atoms with Gasteiger partial charge in [0.05, 0.1) is 5.02 Å². The quantitative estimate of drug-likeness (QED) is 0.689. The van der Waals surface area contributed by atoms with Crippen LogP contribution in [0.25, 0.3) is 6.08 Å². The predicted molar refractivity (Wildman–Crippen MR) is 74.4 cm³/mol. The average Bonchev–Trinajstić information content (AvgIpc) is 2.76. The molecule has 1 N–H and O–H groups in total. The number of phenolic OH excluding ortho intramolecular Hbond substituents is 1. The lowest BCUT2D eigenvalue weighted by Gasteiger charge is -1.96. The van der Waals surface area contributed by atoms with E-state index in [1.54, 1.807) is 29.1 Å². The van der Waals surface area contributed by atoms with Gasteiger partial charge in [0.2, 0.25) is 0 Å². The molecule has 0 saturated heterocycles. The molecule has 0 atom stereocenters. The fraction of sp³-hybridized carbons (Fsp3) is 0.143. The number of carbonyl (C=O) groups is 1. The number of ketones is 1. The first kappa shape index (κ1) is 13.4. The van der Waals surface area contributed by atoms with E-state index >= 15 is 0 Å². The zero-order valence-corrected chi connectivity index (χ0v) is 11.1. The highest BCUT2D eigenvalue weighted by Gasteiger charge is 2.05. The Kier molecular flexibility index (Phi) is 4.02. The Bertz CT molecular complexity index is 632. The zero-order chi connectivity index (χ0) is 13.8.